The van der Waals surface area contributed by atoms with Crippen LogP contribution in [0.3, 0.4) is 0 Å². The van der Waals surface area contributed by atoms with Crippen LogP contribution in [0.2, 0.25) is 0 Å². The van der Waals surface area contributed by atoms with Crippen LogP contribution in [0.5, 0.6) is 0 Å². The van der Waals surface area contributed by atoms with Gasteiger partial charge in [-0.2, -0.15) is 0 Å². The van der Waals surface area contributed by atoms with E-state index in [1.165, 1.54) is 12.1 Å². The zero-order valence-electron chi connectivity index (χ0n) is 12.1. The minimum absolute atomic E-state index is 0.189. The van der Waals surface area contributed by atoms with Crippen molar-refractivity contribution in [2.24, 2.45) is 0 Å². The topological polar surface area (TPSA) is 85.1 Å². The maximum absolute atomic E-state index is 11.2. The van der Waals surface area contributed by atoms with E-state index in [0.717, 1.165) is 5.56 Å². The highest BCUT2D eigenvalue weighted by Crippen LogP contribution is 2.17. The van der Waals surface area contributed by atoms with Gasteiger partial charge >= 0.3 is 5.97 Å². The molecule has 0 bridgehead atoms. The number of hydrogen-bond donors (Lipinski definition) is 1. The Labute approximate surface area is 132 Å². The lowest BCUT2D eigenvalue weighted by Crippen LogP contribution is -2.05. The Hall–Kier alpha value is -3.28. The van der Waals surface area contributed by atoms with E-state index in [1.54, 1.807) is 16.8 Å². The van der Waals surface area contributed by atoms with Crippen LogP contribution in [0.25, 0.3) is 5.69 Å². The Kier molecular flexibility index (Phi) is 3.97. The summed E-state index contributed by atoms with van der Waals surface area (Å²) in [6.07, 6.45) is 1.18. The van der Waals surface area contributed by atoms with Crippen LogP contribution >= 0.6 is 0 Å². The molecule has 0 unspecified atom stereocenters. The molecule has 1 aromatic heterocycles. The lowest BCUT2D eigenvalue weighted by atomic mass is 10.1. The number of hydrogen-bond acceptors (Lipinski definition) is 4. The zero-order valence-corrected chi connectivity index (χ0v) is 12.1. The van der Waals surface area contributed by atoms with Gasteiger partial charge in [0, 0.05) is 6.42 Å². The second-order valence-corrected chi connectivity index (χ2v) is 4.97. The van der Waals surface area contributed by atoms with E-state index in [4.69, 9.17) is 5.11 Å². The molecule has 6 heteroatoms. The SMILES string of the molecule is O=Cc1nnn(-c2ccc(C(=O)O)cc2)c1Cc1ccccc1. The van der Waals surface area contributed by atoms with Gasteiger partial charge in [-0.15, -0.1) is 5.10 Å². The second-order valence-electron chi connectivity index (χ2n) is 4.97. The van der Waals surface area contributed by atoms with Crippen LogP contribution in [0, 0.1) is 0 Å². The summed E-state index contributed by atoms with van der Waals surface area (Å²) in [5.41, 5.74) is 2.81. The third kappa shape index (κ3) is 3.01. The summed E-state index contributed by atoms with van der Waals surface area (Å²) >= 11 is 0. The number of carboxylic acid groups (broad SMARTS) is 1. The molecule has 0 spiro atoms. The minimum atomic E-state index is -0.992. The lowest BCUT2D eigenvalue weighted by Gasteiger charge is -2.07. The highest BCUT2D eigenvalue weighted by molar-refractivity contribution is 5.87. The van der Waals surface area contributed by atoms with Crippen LogP contribution in [0.4, 0.5) is 0 Å². The van der Waals surface area contributed by atoms with E-state index in [9.17, 15) is 9.59 Å². The van der Waals surface area contributed by atoms with Gasteiger partial charge in [0.15, 0.2) is 6.29 Å². The molecule has 1 heterocycles. The highest BCUT2D eigenvalue weighted by Gasteiger charge is 2.14. The maximum Gasteiger partial charge on any atom is 0.335 e. The predicted octanol–water partition coefficient (Wildman–Crippen LogP) is 2.37. The number of carbonyl (C=O) groups excluding carboxylic acids is 1. The molecule has 0 amide bonds. The van der Waals surface area contributed by atoms with E-state index in [1.807, 2.05) is 30.3 Å². The summed E-state index contributed by atoms with van der Waals surface area (Å²) < 4.78 is 1.56. The third-order valence-corrected chi connectivity index (χ3v) is 3.48. The third-order valence-electron chi connectivity index (χ3n) is 3.48. The summed E-state index contributed by atoms with van der Waals surface area (Å²) in [5, 5.41) is 16.9. The van der Waals surface area contributed by atoms with Crippen molar-refractivity contribution in [2.75, 3.05) is 0 Å². The fourth-order valence-electron chi connectivity index (χ4n) is 2.31. The van der Waals surface area contributed by atoms with Crippen LogP contribution in [0.15, 0.2) is 54.6 Å². The molecule has 3 rings (SSSR count). The van der Waals surface area contributed by atoms with Gasteiger partial charge in [0.05, 0.1) is 16.9 Å². The summed E-state index contributed by atoms with van der Waals surface area (Å²) in [6.45, 7) is 0. The maximum atomic E-state index is 11.2. The molecule has 0 atom stereocenters. The van der Waals surface area contributed by atoms with Crippen molar-refractivity contribution in [3.05, 3.63) is 77.1 Å². The smallest absolute Gasteiger partial charge is 0.335 e. The number of carbonyl (C=O) groups is 2. The molecule has 23 heavy (non-hydrogen) atoms. The molecule has 6 nitrogen and oxygen atoms in total. The van der Waals surface area contributed by atoms with E-state index in [2.05, 4.69) is 10.3 Å². The standard InChI is InChI=1S/C17H13N3O3/c21-11-15-16(10-12-4-2-1-3-5-12)20(19-18-15)14-8-6-13(7-9-14)17(22)23/h1-9,11H,10H2,(H,22,23). The molecular formula is C17H13N3O3. The van der Waals surface area contributed by atoms with Gasteiger partial charge in [-0.25, -0.2) is 9.48 Å². The Morgan fingerprint density at radius 1 is 1.09 bits per heavy atom. The Morgan fingerprint density at radius 2 is 1.78 bits per heavy atom. The first kappa shape index (κ1) is 14.6. The van der Waals surface area contributed by atoms with Crippen molar-refractivity contribution in [3.63, 3.8) is 0 Å². The van der Waals surface area contributed by atoms with Crippen molar-refractivity contribution in [2.45, 2.75) is 6.42 Å². The van der Waals surface area contributed by atoms with Crippen molar-refractivity contribution in [1.82, 2.24) is 15.0 Å². The van der Waals surface area contributed by atoms with Gasteiger partial charge in [-0.3, -0.25) is 4.79 Å². The Morgan fingerprint density at radius 3 is 2.39 bits per heavy atom. The van der Waals surface area contributed by atoms with Crippen LogP contribution in [-0.2, 0) is 6.42 Å². The molecule has 0 saturated heterocycles. The van der Waals surface area contributed by atoms with Crippen LogP contribution in [0.1, 0.15) is 32.1 Å². The van der Waals surface area contributed by atoms with Gasteiger partial charge in [0.1, 0.15) is 5.69 Å². The van der Waals surface area contributed by atoms with Crippen molar-refractivity contribution < 1.29 is 14.7 Å². The van der Waals surface area contributed by atoms with E-state index in [0.29, 0.717) is 24.1 Å². The van der Waals surface area contributed by atoms with E-state index in [-0.39, 0.29) is 11.3 Å². The van der Waals surface area contributed by atoms with Crippen molar-refractivity contribution in [1.29, 1.82) is 0 Å². The molecular weight excluding hydrogens is 294 g/mol. The lowest BCUT2D eigenvalue weighted by molar-refractivity contribution is 0.0696. The fourth-order valence-corrected chi connectivity index (χ4v) is 2.31. The van der Waals surface area contributed by atoms with Gasteiger partial charge in [-0.05, 0) is 29.8 Å². The normalized spacial score (nSPS) is 10.4. The predicted molar refractivity (Wildman–Crippen MR) is 83.0 cm³/mol. The van der Waals surface area contributed by atoms with Gasteiger partial charge < -0.3 is 5.11 Å². The fraction of sp³-hybridized carbons (Fsp3) is 0.0588. The molecule has 0 radical (unpaired) electrons. The molecule has 0 aliphatic carbocycles. The van der Waals surface area contributed by atoms with Crippen LogP contribution in [-0.4, -0.2) is 32.4 Å². The first-order chi connectivity index (χ1) is 11.2. The van der Waals surface area contributed by atoms with Crippen LogP contribution < -0.4 is 0 Å². The average molecular weight is 307 g/mol. The zero-order chi connectivity index (χ0) is 16.2. The van der Waals surface area contributed by atoms with Gasteiger partial charge in [0.25, 0.3) is 0 Å². The summed E-state index contributed by atoms with van der Waals surface area (Å²) in [6, 6.07) is 15.9. The van der Waals surface area contributed by atoms with Gasteiger partial charge in [-0.1, -0.05) is 35.5 Å². The molecule has 0 aliphatic rings. The second kappa shape index (κ2) is 6.23. The van der Waals surface area contributed by atoms with Crippen molar-refractivity contribution in [3.8, 4) is 5.69 Å². The first-order valence-electron chi connectivity index (χ1n) is 6.96. The number of carboxylic acids is 1. The molecule has 3 aromatic rings. The molecule has 0 saturated carbocycles. The summed E-state index contributed by atoms with van der Waals surface area (Å²) in [7, 11) is 0. The molecule has 2 aromatic carbocycles. The molecule has 1 N–H and O–H groups in total. The van der Waals surface area contributed by atoms with E-state index < -0.39 is 5.97 Å². The average Bonchev–Trinajstić information content (AvgIpc) is 2.98. The van der Waals surface area contributed by atoms with E-state index >= 15 is 0 Å². The Balaban J connectivity index is 2.01. The number of nitrogens with zero attached hydrogens (tertiary/aromatic N) is 3. The largest absolute Gasteiger partial charge is 0.478 e. The number of aldehydes is 1. The molecule has 114 valence electrons. The number of aromatic nitrogens is 3. The number of benzene rings is 2. The summed E-state index contributed by atoms with van der Waals surface area (Å²) in [5.74, 6) is -0.992. The quantitative estimate of drug-likeness (QED) is 0.731. The summed E-state index contributed by atoms with van der Waals surface area (Å²) in [4.78, 5) is 22.1. The highest BCUT2D eigenvalue weighted by atomic mass is 16.4. The Bertz CT molecular complexity index is 839. The first-order valence-corrected chi connectivity index (χ1v) is 6.96. The minimum Gasteiger partial charge on any atom is -0.478 e. The monoisotopic (exact) mass is 307 g/mol. The van der Waals surface area contributed by atoms with Crippen molar-refractivity contribution >= 4 is 12.3 Å². The number of aromatic carboxylic acids is 1. The number of rotatable bonds is 5. The molecule has 0 fully saturated rings. The molecule has 0 aliphatic heterocycles. The van der Waals surface area contributed by atoms with Gasteiger partial charge in [0.2, 0.25) is 0 Å².